The zero-order valence-corrected chi connectivity index (χ0v) is 7.69. The van der Waals surface area contributed by atoms with Gasteiger partial charge in [-0.15, -0.1) is 0 Å². The van der Waals surface area contributed by atoms with Gasteiger partial charge in [-0.3, -0.25) is 4.40 Å². The summed E-state index contributed by atoms with van der Waals surface area (Å²) in [5, 5.41) is 0. The molecule has 3 heteroatoms. The van der Waals surface area contributed by atoms with Gasteiger partial charge in [-0.2, -0.15) is 0 Å². The first kappa shape index (κ1) is 7.55. The van der Waals surface area contributed by atoms with Crippen LogP contribution in [0, 0.1) is 4.77 Å². The van der Waals surface area contributed by atoms with Gasteiger partial charge in [-0.05, 0) is 30.8 Å². The van der Waals surface area contributed by atoms with Crippen LogP contribution in [0.5, 0.6) is 0 Å². The molecule has 0 aliphatic rings. The summed E-state index contributed by atoms with van der Waals surface area (Å²) in [5.41, 5.74) is 2.39. The van der Waals surface area contributed by atoms with Crippen molar-refractivity contribution >= 4 is 17.7 Å². The summed E-state index contributed by atoms with van der Waals surface area (Å²) in [7, 11) is 0. The molecule has 0 radical (unpaired) electrons. The molecule has 0 saturated carbocycles. The average molecular weight is 178 g/mol. The number of hydrogen-bond acceptors (Lipinski definition) is 1. The van der Waals surface area contributed by atoms with Gasteiger partial charge in [0.15, 0.2) is 4.77 Å². The maximum Gasteiger partial charge on any atom is 0.182 e. The van der Waals surface area contributed by atoms with E-state index >= 15 is 0 Å². The van der Waals surface area contributed by atoms with Crippen LogP contribution in [-0.2, 0) is 6.42 Å². The van der Waals surface area contributed by atoms with Crippen LogP contribution in [0.2, 0.25) is 0 Å². The first-order valence-electron chi connectivity index (χ1n) is 4.01. The summed E-state index contributed by atoms with van der Waals surface area (Å²) in [6.45, 7) is 2.12. The van der Waals surface area contributed by atoms with Gasteiger partial charge in [-0.25, -0.2) is 0 Å². The molecule has 0 aliphatic heterocycles. The van der Waals surface area contributed by atoms with Crippen molar-refractivity contribution in [2.75, 3.05) is 0 Å². The third-order valence-corrected chi connectivity index (χ3v) is 2.30. The first-order valence-corrected chi connectivity index (χ1v) is 4.42. The third kappa shape index (κ3) is 0.975. The molecule has 12 heavy (non-hydrogen) atoms. The highest BCUT2D eigenvalue weighted by atomic mass is 32.1. The Hall–Kier alpha value is -1.09. The lowest BCUT2D eigenvalue weighted by Crippen LogP contribution is -1.82. The average Bonchev–Trinajstić information content (AvgIpc) is 2.44. The van der Waals surface area contributed by atoms with Crippen LogP contribution in [0.3, 0.4) is 0 Å². The zero-order chi connectivity index (χ0) is 8.55. The maximum absolute atomic E-state index is 5.15. The van der Waals surface area contributed by atoms with E-state index in [4.69, 9.17) is 12.2 Å². The van der Waals surface area contributed by atoms with Crippen LogP contribution in [-0.4, -0.2) is 9.38 Å². The number of nitrogens with zero attached hydrogens (tertiary/aromatic N) is 1. The van der Waals surface area contributed by atoms with Gasteiger partial charge >= 0.3 is 0 Å². The van der Waals surface area contributed by atoms with Crippen molar-refractivity contribution in [3.63, 3.8) is 0 Å². The van der Waals surface area contributed by atoms with Gasteiger partial charge in [0.05, 0.1) is 5.52 Å². The van der Waals surface area contributed by atoms with E-state index < -0.39 is 0 Å². The standard InChI is InChI=1S/C9H10N2S/c1-2-7-8-5-3-4-6-11(8)9(12)10-7/h3-6H,2H2,1H3,(H,10,12). The Morgan fingerprint density at radius 3 is 3.08 bits per heavy atom. The van der Waals surface area contributed by atoms with Gasteiger partial charge < -0.3 is 4.98 Å². The summed E-state index contributed by atoms with van der Waals surface area (Å²) in [4.78, 5) is 3.18. The van der Waals surface area contributed by atoms with E-state index in [1.807, 2.05) is 22.7 Å². The summed E-state index contributed by atoms with van der Waals surface area (Å²) < 4.78 is 2.77. The fraction of sp³-hybridized carbons (Fsp3) is 0.222. The largest absolute Gasteiger partial charge is 0.334 e. The number of aromatic nitrogens is 2. The molecule has 0 spiro atoms. The van der Waals surface area contributed by atoms with E-state index in [1.165, 1.54) is 11.2 Å². The normalized spacial score (nSPS) is 10.8. The smallest absolute Gasteiger partial charge is 0.182 e. The number of hydrogen-bond donors (Lipinski definition) is 1. The van der Waals surface area contributed by atoms with E-state index in [0.29, 0.717) is 0 Å². The Morgan fingerprint density at radius 1 is 1.50 bits per heavy atom. The number of imidazole rings is 1. The third-order valence-electron chi connectivity index (χ3n) is 2.00. The van der Waals surface area contributed by atoms with Crippen molar-refractivity contribution in [3.05, 3.63) is 34.9 Å². The van der Waals surface area contributed by atoms with Crippen molar-refractivity contribution in [2.24, 2.45) is 0 Å². The molecular weight excluding hydrogens is 168 g/mol. The predicted molar refractivity (Wildman–Crippen MR) is 52.0 cm³/mol. The molecule has 0 amide bonds. The monoisotopic (exact) mass is 178 g/mol. The van der Waals surface area contributed by atoms with Crippen molar-refractivity contribution in [3.8, 4) is 0 Å². The molecule has 0 bridgehead atoms. The van der Waals surface area contributed by atoms with E-state index in [-0.39, 0.29) is 0 Å². The van der Waals surface area contributed by atoms with Crippen LogP contribution in [0.25, 0.3) is 5.52 Å². The molecule has 2 rings (SSSR count). The quantitative estimate of drug-likeness (QED) is 0.665. The molecule has 0 aliphatic carbocycles. The SMILES string of the molecule is CCc1[nH]c(=S)n2ccccc12. The van der Waals surface area contributed by atoms with Crippen molar-refractivity contribution in [2.45, 2.75) is 13.3 Å². The lowest BCUT2D eigenvalue weighted by atomic mass is 10.3. The summed E-state index contributed by atoms with van der Waals surface area (Å²) in [6.07, 6.45) is 2.97. The molecule has 1 N–H and O–H groups in total. The highest BCUT2D eigenvalue weighted by Gasteiger charge is 2.00. The lowest BCUT2D eigenvalue weighted by molar-refractivity contribution is 1.06. The van der Waals surface area contributed by atoms with Gasteiger partial charge in [-0.1, -0.05) is 13.0 Å². The molecule has 2 aromatic rings. The number of rotatable bonds is 1. The summed E-state index contributed by atoms with van der Waals surface area (Å²) >= 11 is 5.15. The van der Waals surface area contributed by atoms with Crippen molar-refractivity contribution in [1.82, 2.24) is 9.38 Å². The molecule has 0 unspecified atom stereocenters. The fourth-order valence-electron chi connectivity index (χ4n) is 1.39. The minimum Gasteiger partial charge on any atom is -0.334 e. The van der Waals surface area contributed by atoms with Crippen LogP contribution < -0.4 is 0 Å². The van der Waals surface area contributed by atoms with Gasteiger partial charge in [0, 0.05) is 11.9 Å². The molecular formula is C9H10N2S. The van der Waals surface area contributed by atoms with E-state index in [9.17, 15) is 0 Å². The zero-order valence-electron chi connectivity index (χ0n) is 6.87. The number of aromatic amines is 1. The number of aryl methyl sites for hydroxylation is 1. The fourth-order valence-corrected chi connectivity index (χ4v) is 1.67. The van der Waals surface area contributed by atoms with E-state index in [0.717, 1.165) is 11.2 Å². The van der Waals surface area contributed by atoms with Gasteiger partial charge in [0.2, 0.25) is 0 Å². The number of H-pyrrole nitrogens is 1. The van der Waals surface area contributed by atoms with Crippen LogP contribution in [0.1, 0.15) is 12.6 Å². The van der Waals surface area contributed by atoms with Crippen LogP contribution >= 0.6 is 12.2 Å². The highest BCUT2D eigenvalue weighted by Crippen LogP contribution is 2.10. The number of pyridine rings is 1. The Morgan fingerprint density at radius 2 is 2.33 bits per heavy atom. The Labute approximate surface area is 75.9 Å². The molecule has 0 fully saturated rings. The number of nitrogens with one attached hydrogen (secondary N) is 1. The Balaban J connectivity index is 2.91. The number of fused-ring (bicyclic) bond motifs is 1. The second kappa shape index (κ2) is 2.75. The molecule has 0 saturated heterocycles. The Bertz CT molecular complexity index is 453. The van der Waals surface area contributed by atoms with Gasteiger partial charge in [0.1, 0.15) is 0 Å². The minimum atomic E-state index is 0.780. The molecule has 2 heterocycles. The van der Waals surface area contributed by atoms with Crippen LogP contribution in [0.4, 0.5) is 0 Å². The maximum atomic E-state index is 5.15. The van der Waals surface area contributed by atoms with Crippen molar-refractivity contribution in [1.29, 1.82) is 0 Å². The lowest BCUT2D eigenvalue weighted by Gasteiger charge is -1.92. The van der Waals surface area contributed by atoms with Crippen molar-refractivity contribution < 1.29 is 0 Å². The predicted octanol–water partition coefficient (Wildman–Crippen LogP) is 2.56. The molecule has 62 valence electrons. The Kier molecular flexibility index (Phi) is 1.73. The second-order valence-electron chi connectivity index (χ2n) is 2.72. The topological polar surface area (TPSA) is 20.2 Å². The second-order valence-corrected chi connectivity index (χ2v) is 3.10. The molecule has 2 aromatic heterocycles. The molecule has 0 atom stereocenters. The summed E-state index contributed by atoms with van der Waals surface area (Å²) in [5.74, 6) is 0. The molecule has 0 aromatic carbocycles. The minimum absolute atomic E-state index is 0.780. The highest BCUT2D eigenvalue weighted by molar-refractivity contribution is 7.71. The first-order chi connectivity index (χ1) is 5.83. The van der Waals surface area contributed by atoms with Crippen LogP contribution in [0.15, 0.2) is 24.4 Å². The van der Waals surface area contributed by atoms with E-state index in [2.05, 4.69) is 18.0 Å². The van der Waals surface area contributed by atoms with Gasteiger partial charge in [0.25, 0.3) is 0 Å². The van der Waals surface area contributed by atoms with E-state index in [1.54, 1.807) is 0 Å². The molecule has 2 nitrogen and oxygen atoms in total. The summed E-state index contributed by atoms with van der Waals surface area (Å²) in [6, 6.07) is 6.08.